The molecule has 0 fully saturated rings. The van der Waals surface area contributed by atoms with Gasteiger partial charge in [0.25, 0.3) is 5.69 Å². The van der Waals surface area contributed by atoms with Gasteiger partial charge in [-0.25, -0.2) is 4.39 Å². The molecule has 0 aliphatic rings. The molecule has 20 heavy (non-hydrogen) atoms. The van der Waals surface area contributed by atoms with Gasteiger partial charge in [0, 0.05) is 24.7 Å². The molecule has 0 bridgehead atoms. The summed E-state index contributed by atoms with van der Waals surface area (Å²) in [6, 6.07) is 3.56. The van der Waals surface area contributed by atoms with Gasteiger partial charge in [-0.05, 0) is 30.6 Å². The molecule has 0 aromatic heterocycles. The van der Waals surface area contributed by atoms with E-state index in [0.29, 0.717) is 25.2 Å². The van der Waals surface area contributed by atoms with E-state index < -0.39 is 10.7 Å². The summed E-state index contributed by atoms with van der Waals surface area (Å²) in [5.41, 5.74) is 5.97. The molecule has 1 aromatic rings. The first kappa shape index (κ1) is 16.5. The van der Waals surface area contributed by atoms with Crippen LogP contribution >= 0.6 is 0 Å². The molecule has 0 saturated heterocycles. The zero-order valence-corrected chi connectivity index (χ0v) is 12.2. The molecule has 6 heteroatoms. The van der Waals surface area contributed by atoms with Crippen LogP contribution in [0.5, 0.6) is 0 Å². The van der Waals surface area contributed by atoms with Crippen LogP contribution in [0.25, 0.3) is 0 Å². The third kappa shape index (κ3) is 4.54. The second-order valence-electron chi connectivity index (χ2n) is 5.70. The zero-order valence-electron chi connectivity index (χ0n) is 12.2. The fourth-order valence-corrected chi connectivity index (χ4v) is 2.05. The van der Waals surface area contributed by atoms with Crippen molar-refractivity contribution >= 4 is 5.69 Å². The van der Waals surface area contributed by atoms with Crippen LogP contribution < -0.4 is 5.73 Å². The normalized spacial score (nSPS) is 11.9. The van der Waals surface area contributed by atoms with E-state index in [1.807, 2.05) is 25.7 Å². The Kier molecular flexibility index (Phi) is 5.59. The van der Waals surface area contributed by atoms with Gasteiger partial charge in [-0.3, -0.25) is 15.0 Å². The summed E-state index contributed by atoms with van der Waals surface area (Å²) >= 11 is 0. The van der Waals surface area contributed by atoms with Gasteiger partial charge in [0.2, 0.25) is 0 Å². The van der Waals surface area contributed by atoms with Gasteiger partial charge >= 0.3 is 0 Å². The highest BCUT2D eigenvalue weighted by Crippen LogP contribution is 2.23. The molecule has 0 spiro atoms. The molecule has 5 nitrogen and oxygen atoms in total. The molecule has 0 radical (unpaired) electrons. The molecule has 2 N–H and O–H groups in total. The SMILES string of the molecule is CCN(Cc1cc(F)ccc1[N+](=O)[O-])CC(C)(C)CN. The maximum absolute atomic E-state index is 13.3. The molecule has 0 atom stereocenters. The standard InChI is InChI=1S/C14H22FN3O2/c1-4-17(10-14(2,3)9-16)8-11-7-12(15)5-6-13(11)18(19)20/h5-7H,4,8-10,16H2,1-3H3. The molecular weight excluding hydrogens is 261 g/mol. The Hall–Kier alpha value is -1.53. The lowest BCUT2D eigenvalue weighted by Gasteiger charge is -2.30. The lowest BCUT2D eigenvalue weighted by atomic mass is 9.93. The summed E-state index contributed by atoms with van der Waals surface area (Å²) < 4.78 is 13.3. The molecule has 1 aromatic carbocycles. The third-order valence-corrected chi connectivity index (χ3v) is 3.28. The fourth-order valence-electron chi connectivity index (χ4n) is 2.05. The molecule has 1 rings (SSSR count). The number of nitrogens with two attached hydrogens (primary N) is 1. The maximum atomic E-state index is 13.3. The highest BCUT2D eigenvalue weighted by molar-refractivity contribution is 5.40. The molecule has 112 valence electrons. The number of nitrogens with zero attached hydrogens (tertiary/aromatic N) is 2. The molecule has 0 heterocycles. The van der Waals surface area contributed by atoms with E-state index in [9.17, 15) is 14.5 Å². The van der Waals surface area contributed by atoms with Crippen LogP contribution in [0.15, 0.2) is 18.2 Å². The monoisotopic (exact) mass is 283 g/mol. The summed E-state index contributed by atoms with van der Waals surface area (Å²) in [6.45, 7) is 8.33. The van der Waals surface area contributed by atoms with Crippen LogP contribution in [0.1, 0.15) is 26.3 Å². The van der Waals surface area contributed by atoms with Gasteiger partial charge < -0.3 is 5.73 Å². The molecule has 0 aliphatic carbocycles. The Morgan fingerprint density at radius 3 is 2.60 bits per heavy atom. The fraction of sp³-hybridized carbons (Fsp3) is 0.571. The Bertz CT molecular complexity index is 477. The van der Waals surface area contributed by atoms with E-state index in [1.54, 1.807) is 0 Å². The van der Waals surface area contributed by atoms with Gasteiger partial charge in [-0.1, -0.05) is 20.8 Å². The average Bonchev–Trinajstić information content (AvgIpc) is 2.37. The van der Waals surface area contributed by atoms with Crippen molar-refractivity contribution < 1.29 is 9.31 Å². The maximum Gasteiger partial charge on any atom is 0.274 e. The predicted molar refractivity (Wildman–Crippen MR) is 76.8 cm³/mol. The minimum atomic E-state index is -0.476. The second kappa shape index (κ2) is 6.76. The first-order chi connectivity index (χ1) is 9.29. The first-order valence-electron chi connectivity index (χ1n) is 6.64. The van der Waals surface area contributed by atoms with Crippen LogP contribution in [0.3, 0.4) is 0 Å². The Labute approximate surface area is 118 Å². The van der Waals surface area contributed by atoms with Crippen molar-refractivity contribution in [1.29, 1.82) is 0 Å². The van der Waals surface area contributed by atoms with Gasteiger partial charge in [0.15, 0.2) is 0 Å². The van der Waals surface area contributed by atoms with Crippen molar-refractivity contribution in [2.24, 2.45) is 11.1 Å². The number of benzene rings is 1. The number of rotatable bonds is 7. The quantitative estimate of drug-likeness (QED) is 0.616. The van der Waals surface area contributed by atoms with E-state index >= 15 is 0 Å². The molecule has 0 unspecified atom stereocenters. The van der Waals surface area contributed by atoms with Crippen molar-refractivity contribution in [3.05, 3.63) is 39.7 Å². The number of hydrogen-bond acceptors (Lipinski definition) is 4. The summed E-state index contributed by atoms with van der Waals surface area (Å²) in [4.78, 5) is 12.5. The highest BCUT2D eigenvalue weighted by atomic mass is 19.1. The topological polar surface area (TPSA) is 72.4 Å². The van der Waals surface area contributed by atoms with E-state index in [-0.39, 0.29) is 11.1 Å². The summed E-state index contributed by atoms with van der Waals surface area (Å²) in [7, 11) is 0. The van der Waals surface area contributed by atoms with Gasteiger partial charge in [-0.15, -0.1) is 0 Å². The van der Waals surface area contributed by atoms with Crippen molar-refractivity contribution in [3.63, 3.8) is 0 Å². The van der Waals surface area contributed by atoms with Crippen molar-refractivity contribution in [3.8, 4) is 0 Å². The minimum absolute atomic E-state index is 0.0459. The molecule has 0 saturated carbocycles. The average molecular weight is 283 g/mol. The van der Waals surface area contributed by atoms with E-state index in [2.05, 4.69) is 0 Å². The van der Waals surface area contributed by atoms with Crippen LogP contribution in [-0.2, 0) is 6.54 Å². The first-order valence-corrected chi connectivity index (χ1v) is 6.64. The van der Waals surface area contributed by atoms with Crippen molar-refractivity contribution in [1.82, 2.24) is 4.90 Å². The summed E-state index contributed by atoms with van der Waals surface area (Å²) in [6.07, 6.45) is 0. The second-order valence-corrected chi connectivity index (χ2v) is 5.70. The van der Waals surface area contributed by atoms with E-state index in [4.69, 9.17) is 5.73 Å². The number of halogens is 1. The Morgan fingerprint density at radius 1 is 1.45 bits per heavy atom. The predicted octanol–water partition coefficient (Wildman–Crippen LogP) is 2.54. The van der Waals surface area contributed by atoms with Gasteiger partial charge in [-0.2, -0.15) is 0 Å². The highest BCUT2D eigenvalue weighted by Gasteiger charge is 2.22. The number of nitro groups is 1. The van der Waals surface area contributed by atoms with Crippen LogP contribution in [0.2, 0.25) is 0 Å². The van der Waals surface area contributed by atoms with Crippen LogP contribution in [0, 0.1) is 21.3 Å². The zero-order chi connectivity index (χ0) is 15.3. The lowest BCUT2D eigenvalue weighted by Crippen LogP contribution is -2.38. The van der Waals surface area contributed by atoms with E-state index in [0.717, 1.165) is 12.6 Å². The summed E-state index contributed by atoms with van der Waals surface area (Å²) in [5, 5.41) is 11.0. The molecule has 0 amide bonds. The largest absolute Gasteiger partial charge is 0.330 e. The van der Waals surface area contributed by atoms with Crippen LogP contribution in [0.4, 0.5) is 10.1 Å². The minimum Gasteiger partial charge on any atom is -0.330 e. The van der Waals surface area contributed by atoms with Crippen molar-refractivity contribution in [2.45, 2.75) is 27.3 Å². The smallest absolute Gasteiger partial charge is 0.274 e. The number of nitro benzene ring substituents is 1. The van der Waals surface area contributed by atoms with Crippen molar-refractivity contribution in [2.75, 3.05) is 19.6 Å². The Morgan fingerprint density at radius 2 is 2.10 bits per heavy atom. The van der Waals surface area contributed by atoms with E-state index in [1.165, 1.54) is 12.1 Å². The molecule has 0 aliphatic heterocycles. The lowest BCUT2D eigenvalue weighted by molar-refractivity contribution is -0.385. The molecular formula is C14H22FN3O2. The summed E-state index contributed by atoms with van der Waals surface area (Å²) in [5.74, 6) is -0.459. The van der Waals surface area contributed by atoms with Crippen LogP contribution in [-0.4, -0.2) is 29.5 Å². The van der Waals surface area contributed by atoms with Gasteiger partial charge in [0.1, 0.15) is 5.82 Å². The third-order valence-electron chi connectivity index (χ3n) is 3.28. The van der Waals surface area contributed by atoms with Gasteiger partial charge in [0.05, 0.1) is 4.92 Å². The number of hydrogen-bond donors (Lipinski definition) is 1. The Balaban J connectivity index is 2.95.